The van der Waals surface area contributed by atoms with E-state index >= 15 is 0 Å². The lowest BCUT2D eigenvalue weighted by molar-refractivity contribution is 0.0130. The maximum absolute atomic E-state index is 5.53. The molecule has 0 aliphatic carbocycles. The standard InChI is InChI=1S/C12H20N2OS/c1-8-6-11(4-5-15-8)13-7-12-14-9(2)10(3)16-12/h8,11,13H,4-7H2,1-3H3. The van der Waals surface area contributed by atoms with E-state index < -0.39 is 0 Å². The van der Waals surface area contributed by atoms with Crippen molar-refractivity contribution in [2.45, 2.75) is 52.3 Å². The Morgan fingerprint density at radius 3 is 2.94 bits per heavy atom. The number of nitrogens with zero attached hydrogens (tertiary/aromatic N) is 1. The van der Waals surface area contributed by atoms with Crippen LogP contribution in [0.3, 0.4) is 0 Å². The van der Waals surface area contributed by atoms with Crippen molar-refractivity contribution in [1.82, 2.24) is 10.3 Å². The number of aromatic nitrogens is 1. The maximum atomic E-state index is 5.53. The van der Waals surface area contributed by atoms with Crippen LogP contribution in [0.25, 0.3) is 0 Å². The second-order valence-corrected chi connectivity index (χ2v) is 5.82. The van der Waals surface area contributed by atoms with Gasteiger partial charge in [-0.3, -0.25) is 0 Å². The second-order valence-electron chi connectivity index (χ2n) is 4.53. The van der Waals surface area contributed by atoms with E-state index in [1.165, 1.54) is 15.6 Å². The summed E-state index contributed by atoms with van der Waals surface area (Å²) in [5.41, 5.74) is 1.17. The Morgan fingerprint density at radius 1 is 1.50 bits per heavy atom. The van der Waals surface area contributed by atoms with Crippen LogP contribution in [0.2, 0.25) is 0 Å². The number of thiazole rings is 1. The van der Waals surface area contributed by atoms with Crippen LogP contribution in [0.5, 0.6) is 0 Å². The summed E-state index contributed by atoms with van der Waals surface area (Å²) < 4.78 is 5.53. The molecule has 0 bridgehead atoms. The van der Waals surface area contributed by atoms with Crippen LogP contribution in [0.4, 0.5) is 0 Å². The van der Waals surface area contributed by atoms with Gasteiger partial charge in [0, 0.05) is 24.1 Å². The van der Waals surface area contributed by atoms with Gasteiger partial charge >= 0.3 is 0 Å². The fourth-order valence-corrected chi connectivity index (χ4v) is 2.91. The maximum Gasteiger partial charge on any atom is 0.107 e. The van der Waals surface area contributed by atoms with E-state index in [9.17, 15) is 0 Å². The zero-order valence-corrected chi connectivity index (χ0v) is 11.1. The Kier molecular flexibility index (Phi) is 3.95. The van der Waals surface area contributed by atoms with Crippen molar-refractivity contribution in [3.63, 3.8) is 0 Å². The molecule has 1 N–H and O–H groups in total. The number of nitrogens with one attached hydrogen (secondary N) is 1. The van der Waals surface area contributed by atoms with Gasteiger partial charge < -0.3 is 10.1 Å². The first-order valence-electron chi connectivity index (χ1n) is 5.93. The third-order valence-electron chi connectivity index (χ3n) is 3.10. The first kappa shape index (κ1) is 12.0. The average Bonchev–Trinajstić information content (AvgIpc) is 2.56. The molecule has 0 saturated carbocycles. The van der Waals surface area contributed by atoms with E-state index in [-0.39, 0.29) is 0 Å². The third kappa shape index (κ3) is 3.03. The number of rotatable bonds is 3. The largest absolute Gasteiger partial charge is 0.378 e. The van der Waals surface area contributed by atoms with E-state index in [1.807, 2.05) is 0 Å². The number of hydrogen-bond acceptors (Lipinski definition) is 4. The second kappa shape index (κ2) is 5.25. The lowest BCUT2D eigenvalue weighted by Crippen LogP contribution is -2.37. The molecule has 2 rings (SSSR count). The van der Waals surface area contributed by atoms with E-state index in [0.29, 0.717) is 12.1 Å². The van der Waals surface area contributed by atoms with Gasteiger partial charge in [-0.25, -0.2) is 4.98 Å². The molecule has 0 amide bonds. The van der Waals surface area contributed by atoms with Gasteiger partial charge in [0.2, 0.25) is 0 Å². The zero-order chi connectivity index (χ0) is 11.5. The smallest absolute Gasteiger partial charge is 0.107 e. The minimum absolute atomic E-state index is 0.394. The van der Waals surface area contributed by atoms with Gasteiger partial charge in [0.15, 0.2) is 0 Å². The molecule has 1 aliphatic rings. The van der Waals surface area contributed by atoms with Gasteiger partial charge in [0.25, 0.3) is 0 Å². The quantitative estimate of drug-likeness (QED) is 0.881. The molecule has 16 heavy (non-hydrogen) atoms. The summed E-state index contributed by atoms with van der Waals surface area (Å²) in [6, 6.07) is 0.591. The van der Waals surface area contributed by atoms with Gasteiger partial charge in [-0.05, 0) is 33.6 Å². The Balaban J connectivity index is 1.82. The molecule has 2 atom stereocenters. The molecule has 1 aliphatic heterocycles. The molecular formula is C12H20N2OS. The Bertz CT molecular complexity index is 331. The highest BCUT2D eigenvalue weighted by Gasteiger charge is 2.18. The first-order chi connectivity index (χ1) is 7.65. The highest BCUT2D eigenvalue weighted by molar-refractivity contribution is 7.11. The molecule has 0 aromatic carbocycles. The van der Waals surface area contributed by atoms with Crippen LogP contribution in [0.15, 0.2) is 0 Å². The summed E-state index contributed by atoms with van der Waals surface area (Å²) in [5, 5.41) is 4.78. The molecular weight excluding hydrogens is 220 g/mol. The molecule has 1 aromatic rings. The van der Waals surface area contributed by atoms with Crippen molar-refractivity contribution >= 4 is 11.3 Å². The van der Waals surface area contributed by atoms with E-state index in [4.69, 9.17) is 4.74 Å². The predicted octanol–water partition coefficient (Wildman–Crippen LogP) is 2.42. The number of ether oxygens (including phenoxy) is 1. The van der Waals surface area contributed by atoms with Gasteiger partial charge in [-0.15, -0.1) is 11.3 Å². The lowest BCUT2D eigenvalue weighted by atomic mass is 10.0. The first-order valence-corrected chi connectivity index (χ1v) is 6.74. The molecule has 2 heterocycles. The van der Waals surface area contributed by atoms with Gasteiger partial charge in [-0.1, -0.05) is 0 Å². The van der Waals surface area contributed by atoms with Gasteiger partial charge in [-0.2, -0.15) is 0 Å². The van der Waals surface area contributed by atoms with E-state index in [0.717, 1.165) is 26.0 Å². The predicted molar refractivity (Wildman–Crippen MR) is 66.9 cm³/mol. The third-order valence-corrected chi connectivity index (χ3v) is 4.17. The van der Waals surface area contributed by atoms with Gasteiger partial charge in [0.05, 0.1) is 11.8 Å². The van der Waals surface area contributed by atoms with Crippen LogP contribution in [0, 0.1) is 13.8 Å². The minimum Gasteiger partial charge on any atom is -0.378 e. The van der Waals surface area contributed by atoms with Crippen LogP contribution in [-0.4, -0.2) is 23.7 Å². The van der Waals surface area contributed by atoms with Crippen molar-refractivity contribution < 1.29 is 4.74 Å². The van der Waals surface area contributed by atoms with Crippen LogP contribution in [-0.2, 0) is 11.3 Å². The van der Waals surface area contributed by atoms with Crippen molar-refractivity contribution in [3.05, 3.63) is 15.6 Å². The van der Waals surface area contributed by atoms with Crippen molar-refractivity contribution in [1.29, 1.82) is 0 Å². The van der Waals surface area contributed by atoms with Crippen molar-refractivity contribution in [2.24, 2.45) is 0 Å². The summed E-state index contributed by atoms with van der Waals surface area (Å²) in [6.45, 7) is 8.13. The summed E-state index contributed by atoms with van der Waals surface area (Å²) in [6.07, 6.45) is 2.63. The number of hydrogen-bond donors (Lipinski definition) is 1. The number of aryl methyl sites for hydroxylation is 2. The summed E-state index contributed by atoms with van der Waals surface area (Å²) >= 11 is 1.80. The Hall–Kier alpha value is -0.450. The fourth-order valence-electron chi connectivity index (χ4n) is 2.03. The lowest BCUT2D eigenvalue weighted by Gasteiger charge is -2.27. The summed E-state index contributed by atoms with van der Waals surface area (Å²) in [4.78, 5) is 5.87. The Labute approximate surface area is 101 Å². The fraction of sp³-hybridized carbons (Fsp3) is 0.750. The molecule has 1 saturated heterocycles. The summed E-state index contributed by atoms with van der Waals surface area (Å²) in [7, 11) is 0. The van der Waals surface area contributed by atoms with E-state index in [2.05, 4.69) is 31.1 Å². The van der Waals surface area contributed by atoms with Crippen molar-refractivity contribution in [3.8, 4) is 0 Å². The Morgan fingerprint density at radius 2 is 2.31 bits per heavy atom. The van der Waals surface area contributed by atoms with E-state index in [1.54, 1.807) is 11.3 Å². The molecule has 0 radical (unpaired) electrons. The SMILES string of the molecule is Cc1nc(CNC2CCOC(C)C2)sc1C. The van der Waals surface area contributed by atoms with Crippen LogP contribution >= 0.6 is 11.3 Å². The topological polar surface area (TPSA) is 34.2 Å². The molecule has 2 unspecified atom stereocenters. The minimum atomic E-state index is 0.394. The van der Waals surface area contributed by atoms with Crippen LogP contribution < -0.4 is 5.32 Å². The van der Waals surface area contributed by atoms with Crippen LogP contribution in [0.1, 0.15) is 35.3 Å². The molecule has 4 heteroatoms. The highest BCUT2D eigenvalue weighted by atomic mass is 32.1. The average molecular weight is 240 g/mol. The normalized spacial score (nSPS) is 25.9. The molecule has 3 nitrogen and oxygen atoms in total. The molecule has 1 fully saturated rings. The zero-order valence-electron chi connectivity index (χ0n) is 10.2. The van der Waals surface area contributed by atoms with Crippen molar-refractivity contribution in [2.75, 3.05) is 6.61 Å². The summed E-state index contributed by atoms with van der Waals surface area (Å²) in [5.74, 6) is 0. The molecule has 1 aromatic heterocycles. The highest BCUT2D eigenvalue weighted by Crippen LogP contribution is 2.18. The monoisotopic (exact) mass is 240 g/mol. The molecule has 90 valence electrons. The van der Waals surface area contributed by atoms with Gasteiger partial charge in [0.1, 0.15) is 5.01 Å². The molecule has 0 spiro atoms.